The molecular weight excluding hydrogens is 547 g/mol. The van der Waals surface area contributed by atoms with Gasteiger partial charge in [-0.2, -0.15) is 9.97 Å². The van der Waals surface area contributed by atoms with E-state index in [2.05, 4.69) is 51.0 Å². The molecule has 16 heteroatoms. The highest BCUT2D eigenvalue weighted by Gasteiger charge is 2.22. The minimum absolute atomic E-state index is 0.231. The fourth-order valence-electron chi connectivity index (χ4n) is 5.36. The standard InChI is InChI=1S/C25H41N12O3P/c38-41(39)40-16-15-35-11-13-36(14-12-35)25-31-23(22-24(32-25)30-19-29-22)28-17-21-18-37(34-33-21)10-9-26-7-4-8-27-20-5-2-1-3-6-20/h18-20,26-27H,1-17H2,(H2-,28,29,30,31,32,38,39)/p+1. The number of hydrogen-bond donors (Lipinski definition) is 5. The number of aromatic amines is 1. The molecule has 15 nitrogen and oxygen atoms in total. The first-order chi connectivity index (χ1) is 20.1. The minimum Gasteiger partial charge on any atom is -0.362 e. The summed E-state index contributed by atoms with van der Waals surface area (Å²) < 4.78 is 17.4. The molecule has 1 aliphatic carbocycles. The van der Waals surface area contributed by atoms with Crippen LogP contribution in [-0.4, -0.2) is 110 Å². The molecule has 3 aromatic rings. The van der Waals surface area contributed by atoms with Gasteiger partial charge in [-0.05, 0) is 32.4 Å². The summed E-state index contributed by atoms with van der Waals surface area (Å²) >= 11 is 0. The molecule has 4 heterocycles. The summed E-state index contributed by atoms with van der Waals surface area (Å²) in [7, 11) is -2.55. The van der Waals surface area contributed by atoms with Gasteiger partial charge in [0, 0.05) is 49.9 Å². The summed E-state index contributed by atoms with van der Waals surface area (Å²) in [4.78, 5) is 30.0. The zero-order chi connectivity index (χ0) is 28.3. The average molecular weight is 590 g/mol. The molecule has 5 N–H and O–H groups in total. The number of H-pyrrole nitrogens is 1. The molecule has 1 atom stereocenters. The fraction of sp³-hybridized carbons (Fsp3) is 0.720. The van der Waals surface area contributed by atoms with E-state index in [4.69, 9.17) is 14.4 Å². The molecule has 41 heavy (non-hydrogen) atoms. The van der Waals surface area contributed by atoms with Crippen molar-refractivity contribution in [1.29, 1.82) is 0 Å². The third-order valence-electron chi connectivity index (χ3n) is 7.65. The van der Waals surface area contributed by atoms with Crippen molar-refractivity contribution in [3.63, 3.8) is 0 Å². The van der Waals surface area contributed by atoms with Crippen LogP contribution in [0, 0.1) is 0 Å². The zero-order valence-corrected chi connectivity index (χ0v) is 24.4. The lowest BCUT2D eigenvalue weighted by Crippen LogP contribution is -2.47. The minimum atomic E-state index is -2.55. The van der Waals surface area contributed by atoms with Crippen molar-refractivity contribution in [3.05, 3.63) is 18.2 Å². The molecule has 0 spiro atoms. The van der Waals surface area contributed by atoms with Gasteiger partial charge in [0.15, 0.2) is 11.5 Å². The monoisotopic (exact) mass is 589 g/mol. The Kier molecular flexibility index (Phi) is 11.2. The molecular formula is C25H42N12O3P+. The van der Waals surface area contributed by atoms with Crippen LogP contribution in [0.1, 0.15) is 44.2 Å². The Balaban J connectivity index is 1.04. The molecule has 1 saturated heterocycles. The van der Waals surface area contributed by atoms with Crippen LogP contribution < -0.4 is 20.9 Å². The molecule has 0 bridgehead atoms. The van der Waals surface area contributed by atoms with E-state index in [9.17, 15) is 4.57 Å². The summed E-state index contributed by atoms with van der Waals surface area (Å²) in [5.74, 6) is 1.29. The lowest BCUT2D eigenvalue weighted by Gasteiger charge is -2.34. The van der Waals surface area contributed by atoms with Crippen molar-refractivity contribution in [2.24, 2.45) is 0 Å². The van der Waals surface area contributed by atoms with Gasteiger partial charge in [-0.1, -0.05) is 24.5 Å². The Morgan fingerprint density at radius 2 is 1.93 bits per heavy atom. The van der Waals surface area contributed by atoms with E-state index in [0.29, 0.717) is 30.5 Å². The normalized spacial score (nSPS) is 17.4. The largest absolute Gasteiger partial charge is 0.694 e. The Labute approximate surface area is 240 Å². The molecule has 5 rings (SSSR count). The van der Waals surface area contributed by atoms with E-state index < -0.39 is 8.25 Å². The predicted molar refractivity (Wildman–Crippen MR) is 156 cm³/mol. The zero-order valence-electron chi connectivity index (χ0n) is 23.5. The predicted octanol–water partition coefficient (Wildman–Crippen LogP) is 1.25. The van der Waals surface area contributed by atoms with Crippen molar-refractivity contribution in [2.75, 3.05) is 69.2 Å². The topological polar surface area (TPSA) is 174 Å². The van der Waals surface area contributed by atoms with Gasteiger partial charge in [-0.15, -0.1) is 14.5 Å². The maximum absolute atomic E-state index is 10.7. The molecule has 1 aliphatic heterocycles. The van der Waals surface area contributed by atoms with E-state index in [1.165, 1.54) is 32.1 Å². The maximum atomic E-state index is 10.7. The maximum Gasteiger partial charge on any atom is 0.694 e. The third kappa shape index (κ3) is 9.09. The Hall–Kier alpha value is -2.81. The summed E-state index contributed by atoms with van der Waals surface area (Å²) in [5.41, 5.74) is 2.18. The number of nitrogens with zero attached hydrogens (tertiary/aromatic N) is 8. The van der Waals surface area contributed by atoms with Crippen molar-refractivity contribution in [1.82, 2.24) is 50.5 Å². The van der Waals surface area contributed by atoms with E-state index in [1.54, 1.807) is 6.33 Å². The Morgan fingerprint density at radius 1 is 1.07 bits per heavy atom. The van der Waals surface area contributed by atoms with Crippen LogP contribution in [0.4, 0.5) is 11.8 Å². The van der Waals surface area contributed by atoms with Crippen LogP contribution in [-0.2, 0) is 22.2 Å². The van der Waals surface area contributed by atoms with Gasteiger partial charge < -0.3 is 25.8 Å². The smallest absolute Gasteiger partial charge is 0.362 e. The van der Waals surface area contributed by atoms with Crippen LogP contribution in [0.5, 0.6) is 0 Å². The Morgan fingerprint density at radius 3 is 2.76 bits per heavy atom. The number of fused-ring (bicyclic) bond motifs is 1. The summed E-state index contributed by atoms with van der Waals surface area (Å²) in [6.07, 6.45) is 11.5. The molecule has 0 amide bonds. The molecule has 0 radical (unpaired) electrons. The first kappa shape index (κ1) is 29.7. The van der Waals surface area contributed by atoms with Gasteiger partial charge in [-0.25, -0.2) is 4.98 Å². The second-order valence-corrected chi connectivity index (χ2v) is 11.3. The van der Waals surface area contributed by atoms with Crippen molar-refractivity contribution in [3.8, 4) is 0 Å². The quantitative estimate of drug-likeness (QED) is 0.119. The van der Waals surface area contributed by atoms with Crippen molar-refractivity contribution in [2.45, 2.75) is 57.7 Å². The van der Waals surface area contributed by atoms with Gasteiger partial charge >= 0.3 is 8.25 Å². The second-order valence-electron chi connectivity index (χ2n) is 10.6. The number of imidazole rings is 1. The fourth-order valence-corrected chi connectivity index (χ4v) is 5.60. The highest BCUT2D eigenvalue weighted by Crippen LogP contribution is 2.22. The van der Waals surface area contributed by atoms with Crippen LogP contribution in [0.3, 0.4) is 0 Å². The first-order valence-electron chi connectivity index (χ1n) is 14.7. The lowest BCUT2D eigenvalue weighted by atomic mass is 9.95. The summed E-state index contributed by atoms with van der Waals surface area (Å²) in [5, 5.41) is 19.2. The molecule has 3 aromatic heterocycles. The number of piperazine rings is 1. The van der Waals surface area contributed by atoms with E-state index >= 15 is 0 Å². The van der Waals surface area contributed by atoms with Gasteiger partial charge in [0.25, 0.3) is 0 Å². The lowest BCUT2D eigenvalue weighted by molar-refractivity contribution is 0.194. The number of nitrogens with one attached hydrogen (secondary N) is 4. The van der Waals surface area contributed by atoms with Crippen LogP contribution in [0.15, 0.2) is 12.5 Å². The van der Waals surface area contributed by atoms with Crippen LogP contribution >= 0.6 is 8.25 Å². The molecule has 224 valence electrons. The molecule has 1 unspecified atom stereocenters. The Bertz CT molecular complexity index is 1230. The third-order valence-corrected chi connectivity index (χ3v) is 8.05. The number of aromatic nitrogens is 7. The molecule has 2 aliphatic rings. The van der Waals surface area contributed by atoms with E-state index in [0.717, 1.165) is 76.0 Å². The first-order valence-corrected chi connectivity index (χ1v) is 15.8. The molecule has 0 aromatic carbocycles. The summed E-state index contributed by atoms with van der Waals surface area (Å²) in [6, 6.07) is 0.722. The van der Waals surface area contributed by atoms with Crippen molar-refractivity contribution >= 4 is 31.2 Å². The highest BCUT2D eigenvalue weighted by atomic mass is 31.1. The van der Waals surface area contributed by atoms with Gasteiger partial charge in [0.05, 0.1) is 25.6 Å². The molecule has 2 fully saturated rings. The van der Waals surface area contributed by atoms with Crippen LogP contribution in [0.25, 0.3) is 11.2 Å². The summed E-state index contributed by atoms with van der Waals surface area (Å²) in [6.45, 7) is 8.04. The van der Waals surface area contributed by atoms with Crippen molar-refractivity contribution < 1.29 is 14.0 Å². The highest BCUT2D eigenvalue weighted by molar-refractivity contribution is 7.32. The van der Waals surface area contributed by atoms with Crippen LogP contribution in [0.2, 0.25) is 0 Å². The van der Waals surface area contributed by atoms with E-state index in [-0.39, 0.29) is 6.61 Å². The average Bonchev–Trinajstić information content (AvgIpc) is 3.66. The van der Waals surface area contributed by atoms with Gasteiger partial charge in [0.1, 0.15) is 17.8 Å². The second kappa shape index (κ2) is 15.4. The molecule has 1 saturated carbocycles. The van der Waals surface area contributed by atoms with Gasteiger partial charge in [-0.3, -0.25) is 9.58 Å². The van der Waals surface area contributed by atoms with E-state index in [1.807, 2.05) is 10.9 Å². The SMILES string of the molecule is O=[P+](O)OCCN1CCN(c2nc(NCc3cn(CCNCCCNC4CCCCC4)nn3)c3[nH]cnc3n2)CC1. The number of anilines is 2. The van der Waals surface area contributed by atoms with Gasteiger partial charge in [0.2, 0.25) is 5.95 Å². The number of hydrogen-bond acceptors (Lipinski definition) is 12. The number of rotatable bonds is 16.